The van der Waals surface area contributed by atoms with Crippen LogP contribution in [-0.4, -0.2) is 42.5 Å². The number of halogens is 1. The molecule has 0 bridgehead atoms. The lowest BCUT2D eigenvalue weighted by Gasteiger charge is -2.29. The Balaban J connectivity index is 2.29. The molecule has 0 aromatic rings. The molecule has 0 aliphatic carbocycles. The van der Waals surface area contributed by atoms with Gasteiger partial charge in [-0.3, -0.25) is 4.79 Å². The molecule has 5 heteroatoms. The minimum atomic E-state index is -0.462. The van der Waals surface area contributed by atoms with Crippen molar-refractivity contribution in [2.45, 2.75) is 25.4 Å². The standard InChI is InChI=1S/C10H15ClN2O2/c11-4-2-1-3-10(14)13-5-6-15-9(7-12)8-13/h9H,1-6,8H2. The van der Waals surface area contributed by atoms with E-state index >= 15 is 0 Å². The minimum Gasteiger partial charge on any atom is -0.360 e. The largest absolute Gasteiger partial charge is 0.360 e. The number of amides is 1. The summed E-state index contributed by atoms with van der Waals surface area (Å²) in [4.78, 5) is 13.4. The highest BCUT2D eigenvalue weighted by atomic mass is 35.5. The summed E-state index contributed by atoms with van der Waals surface area (Å²) in [6, 6.07) is 2.02. The number of nitriles is 1. The van der Waals surface area contributed by atoms with E-state index < -0.39 is 6.10 Å². The molecule has 1 unspecified atom stereocenters. The monoisotopic (exact) mass is 230 g/mol. The van der Waals surface area contributed by atoms with E-state index in [1.165, 1.54) is 0 Å². The molecule has 0 aromatic heterocycles. The molecule has 0 spiro atoms. The molecule has 1 aliphatic rings. The van der Waals surface area contributed by atoms with E-state index in [0.717, 1.165) is 12.8 Å². The lowest BCUT2D eigenvalue weighted by Crippen LogP contribution is -2.45. The number of hydrogen-bond donors (Lipinski definition) is 0. The van der Waals surface area contributed by atoms with Crippen LogP contribution in [0.25, 0.3) is 0 Å². The Bertz CT molecular complexity index is 252. The van der Waals surface area contributed by atoms with Gasteiger partial charge in [0, 0.05) is 18.8 Å². The smallest absolute Gasteiger partial charge is 0.222 e. The second-order valence-corrected chi connectivity index (χ2v) is 3.85. The Labute approximate surface area is 94.7 Å². The third-order valence-corrected chi connectivity index (χ3v) is 2.60. The van der Waals surface area contributed by atoms with E-state index in [0.29, 0.717) is 32.0 Å². The number of nitrogens with zero attached hydrogens (tertiary/aromatic N) is 2. The maximum atomic E-state index is 11.7. The van der Waals surface area contributed by atoms with Crippen LogP contribution in [0.3, 0.4) is 0 Å². The summed E-state index contributed by atoms with van der Waals surface area (Å²) >= 11 is 5.53. The normalized spacial score (nSPS) is 21.1. The summed E-state index contributed by atoms with van der Waals surface area (Å²) in [7, 11) is 0. The first-order valence-corrected chi connectivity index (χ1v) is 5.66. The fourth-order valence-corrected chi connectivity index (χ4v) is 1.67. The molecule has 1 fully saturated rings. The topological polar surface area (TPSA) is 53.3 Å². The predicted octanol–water partition coefficient (Wildman–Crippen LogP) is 1.15. The van der Waals surface area contributed by atoms with Crippen LogP contribution in [0, 0.1) is 11.3 Å². The Kier molecular flexibility index (Phi) is 5.44. The van der Waals surface area contributed by atoms with Crippen LogP contribution >= 0.6 is 11.6 Å². The average Bonchev–Trinajstić information content (AvgIpc) is 2.29. The maximum absolute atomic E-state index is 11.7. The lowest BCUT2D eigenvalue weighted by molar-refractivity contribution is -0.137. The second kappa shape index (κ2) is 6.65. The number of unbranched alkanes of at least 4 members (excludes halogenated alkanes) is 1. The predicted molar refractivity (Wildman–Crippen MR) is 56.5 cm³/mol. The number of ether oxygens (including phenoxy) is 1. The van der Waals surface area contributed by atoms with Crippen molar-refractivity contribution in [3.05, 3.63) is 0 Å². The van der Waals surface area contributed by atoms with Crippen molar-refractivity contribution in [1.82, 2.24) is 4.90 Å². The second-order valence-electron chi connectivity index (χ2n) is 3.47. The average molecular weight is 231 g/mol. The molecular formula is C10H15ClN2O2. The van der Waals surface area contributed by atoms with E-state index in [1.54, 1.807) is 4.90 Å². The third kappa shape index (κ3) is 4.06. The summed E-state index contributed by atoms with van der Waals surface area (Å²) in [5.41, 5.74) is 0. The van der Waals surface area contributed by atoms with E-state index in [-0.39, 0.29) is 5.91 Å². The molecule has 1 atom stereocenters. The minimum absolute atomic E-state index is 0.101. The van der Waals surface area contributed by atoms with E-state index in [1.807, 2.05) is 6.07 Å². The van der Waals surface area contributed by atoms with Gasteiger partial charge in [0.25, 0.3) is 0 Å². The van der Waals surface area contributed by atoms with E-state index in [2.05, 4.69) is 0 Å². The molecule has 1 rings (SSSR count). The van der Waals surface area contributed by atoms with Gasteiger partial charge in [0.2, 0.25) is 5.91 Å². The molecule has 15 heavy (non-hydrogen) atoms. The zero-order chi connectivity index (χ0) is 11.1. The molecule has 84 valence electrons. The van der Waals surface area contributed by atoms with Crippen molar-refractivity contribution in [3.63, 3.8) is 0 Å². The molecule has 4 nitrogen and oxygen atoms in total. The molecule has 1 amide bonds. The van der Waals surface area contributed by atoms with Gasteiger partial charge < -0.3 is 9.64 Å². The number of hydrogen-bond acceptors (Lipinski definition) is 3. The molecule has 0 radical (unpaired) electrons. The summed E-state index contributed by atoms with van der Waals surface area (Å²) in [6.07, 6.45) is 1.73. The van der Waals surface area contributed by atoms with E-state index in [9.17, 15) is 4.79 Å². The number of alkyl halides is 1. The fourth-order valence-electron chi connectivity index (χ4n) is 1.48. The molecule has 1 saturated heterocycles. The molecule has 1 heterocycles. The zero-order valence-corrected chi connectivity index (χ0v) is 9.37. The van der Waals surface area contributed by atoms with E-state index in [4.69, 9.17) is 21.6 Å². The van der Waals surface area contributed by atoms with Crippen molar-refractivity contribution in [2.24, 2.45) is 0 Å². The van der Waals surface area contributed by atoms with Crippen LogP contribution in [0.5, 0.6) is 0 Å². The van der Waals surface area contributed by atoms with Crippen molar-refractivity contribution < 1.29 is 9.53 Å². The van der Waals surface area contributed by atoms with Crippen molar-refractivity contribution in [2.75, 3.05) is 25.6 Å². The highest BCUT2D eigenvalue weighted by Crippen LogP contribution is 2.08. The van der Waals surface area contributed by atoms with Crippen molar-refractivity contribution in [3.8, 4) is 6.07 Å². The van der Waals surface area contributed by atoms with Gasteiger partial charge in [-0.25, -0.2) is 0 Å². The van der Waals surface area contributed by atoms with Crippen LogP contribution < -0.4 is 0 Å². The van der Waals surface area contributed by atoms with Crippen LogP contribution in [0.4, 0.5) is 0 Å². The van der Waals surface area contributed by atoms with Gasteiger partial charge in [-0.05, 0) is 12.8 Å². The van der Waals surface area contributed by atoms with Crippen LogP contribution in [0.2, 0.25) is 0 Å². The highest BCUT2D eigenvalue weighted by molar-refractivity contribution is 6.17. The number of carbonyl (C=O) groups is 1. The summed E-state index contributed by atoms with van der Waals surface area (Å²) in [6.45, 7) is 1.45. The molecule has 1 aliphatic heterocycles. The first-order chi connectivity index (χ1) is 7.27. The maximum Gasteiger partial charge on any atom is 0.222 e. The first kappa shape index (κ1) is 12.3. The number of morpholine rings is 1. The van der Waals surface area contributed by atoms with Crippen LogP contribution in [0.1, 0.15) is 19.3 Å². The van der Waals surface area contributed by atoms with Gasteiger partial charge in [0.05, 0.1) is 19.2 Å². The first-order valence-electron chi connectivity index (χ1n) is 5.13. The zero-order valence-electron chi connectivity index (χ0n) is 8.62. The Morgan fingerprint density at radius 1 is 1.60 bits per heavy atom. The summed E-state index contributed by atoms with van der Waals surface area (Å²) < 4.78 is 5.16. The van der Waals surface area contributed by atoms with Gasteiger partial charge in [0.15, 0.2) is 6.10 Å². The highest BCUT2D eigenvalue weighted by Gasteiger charge is 2.23. The number of rotatable bonds is 4. The van der Waals surface area contributed by atoms with Gasteiger partial charge in [0.1, 0.15) is 0 Å². The fraction of sp³-hybridized carbons (Fsp3) is 0.800. The quantitative estimate of drug-likeness (QED) is 0.538. The molecule has 0 saturated carbocycles. The van der Waals surface area contributed by atoms with Gasteiger partial charge in [-0.1, -0.05) is 0 Å². The van der Waals surface area contributed by atoms with Gasteiger partial charge in [-0.15, -0.1) is 11.6 Å². The Morgan fingerprint density at radius 2 is 2.40 bits per heavy atom. The van der Waals surface area contributed by atoms with Gasteiger partial charge in [-0.2, -0.15) is 5.26 Å². The number of carbonyl (C=O) groups excluding carboxylic acids is 1. The molecule has 0 aromatic carbocycles. The van der Waals surface area contributed by atoms with Crippen molar-refractivity contribution in [1.29, 1.82) is 5.26 Å². The summed E-state index contributed by atoms with van der Waals surface area (Å²) in [5, 5.41) is 8.67. The summed E-state index contributed by atoms with van der Waals surface area (Å²) in [5.74, 6) is 0.695. The molecular weight excluding hydrogens is 216 g/mol. The van der Waals surface area contributed by atoms with Crippen LogP contribution in [-0.2, 0) is 9.53 Å². The van der Waals surface area contributed by atoms with Crippen LogP contribution in [0.15, 0.2) is 0 Å². The van der Waals surface area contributed by atoms with Gasteiger partial charge >= 0.3 is 0 Å². The lowest BCUT2D eigenvalue weighted by atomic mass is 10.2. The Hall–Kier alpha value is -0.790. The van der Waals surface area contributed by atoms with Crippen molar-refractivity contribution >= 4 is 17.5 Å². The molecule has 0 N–H and O–H groups in total. The third-order valence-electron chi connectivity index (χ3n) is 2.34. The SMILES string of the molecule is N#CC1CN(C(=O)CCCCCl)CCO1. The Morgan fingerprint density at radius 3 is 3.07 bits per heavy atom.